The molecule has 0 radical (unpaired) electrons. The van der Waals surface area contributed by atoms with Crippen LogP contribution in [0.4, 0.5) is 10.1 Å². The van der Waals surface area contributed by atoms with Crippen LogP contribution >= 0.6 is 24.8 Å². The molecule has 2 aromatic carbocycles. The monoisotopic (exact) mass is 438 g/mol. The molecule has 5 nitrogen and oxygen atoms in total. The molecule has 1 amide bonds. The number of aryl methyl sites for hydroxylation is 2. The molecule has 156 valence electrons. The van der Waals surface area contributed by atoms with Gasteiger partial charge in [0.1, 0.15) is 11.6 Å². The fraction of sp³-hybridized carbons (Fsp3) is 0.333. The first kappa shape index (κ1) is 23.1. The second-order valence-corrected chi connectivity index (χ2v) is 7.17. The second kappa shape index (κ2) is 9.57. The highest BCUT2D eigenvalue weighted by Gasteiger charge is 2.21. The summed E-state index contributed by atoms with van der Waals surface area (Å²) in [6.07, 6.45) is 1.72. The van der Waals surface area contributed by atoms with Crippen molar-refractivity contribution in [3.8, 4) is 11.4 Å². The average molecular weight is 439 g/mol. The summed E-state index contributed by atoms with van der Waals surface area (Å²) in [7, 11) is 1.91. The number of carbonyl (C=O) groups is 1. The zero-order valence-electron chi connectivity index (χ0n) is 16.4. The Bertz CT molecular complexity index is 1020. The van der Waals surface area contributed by atoms with Crippen LogP contribution in [-0.4, -0.2) is 28.5 Å². The average Bonchev–Trinajstić information content (AvgIpc) is 3.00. The summed E-state index contributed by atoms with van der Waals surface area (Å²) in [5.41, 5.74) is 4.18. The van der Waals surface area contributed by atoms with Crippen molar-refractivity contribution in [1.82, 2.24) is 14.9 Å². The third-order valence-corrected chi connectivity index (χ3v) is 5.31. The molecule has 2 N–H and O–H groups in total. The molecule has 29 heavy (non-hydrogen) atoms. The van der Waals surface area contributed by atoms with E-state index in [-0.39, 0.29) is 42.5 Å². The number of fused-ring (bicyclic) bond motifs is 1. The van der Waals surface area contributed by atoms with Gasteiger partial charge in [0.05, 0.1) is 11.0 Å². The van der Waals surface area contributed by atoms with Crippen LogP contribution in [0.5, 0.6) is 0 Å². The number of carbonyl (C=O) groups excluding carboxylic acids is 1. The van der Waals surface area contributed by atoms with Crippen molar-refractivity contribution in [2.24, 2.45) is 13.0 Å². The van der Waals surface area contributed by atoms with E-state index in [0.29, 0.717) is 5.52 Å². The van der Waals surface area contributed by atoms with Crippen LogP contribution < -0.4 is 10.6 Å². The number of halogens is 3. The van der Waals surface area contributed by atoms with E-state index in [1.165, 1.54) is 12.1 Å². The number of aromatic nitrogens is 2. The number of hydrogen-bond donors (Lipinski definition) is 2. The topological polar surface area (TPSA) is 59.0 Å². The van der Waals surface area contributed by atoms with Gasteiger partial charge in [0.25, 0.3) is 0 Å². The minimum absolute atomic E-state index is 0. The summed E-state index contributed by atoms with van der Waals surface area (Å²) in [4.78, 5) is 17.2. The molecule has 1 fully saturated rings. The Morgan fingerprint density at radius 1 is 1.17 bits per heavy atom. The number of imidazole rings is 1. The first-order valence-electron chi connectivity index (χ1n) is 9.27. The zero-order valence-corrected chi connectivity index (χ0v) is 18.0. The third-order valence-electron chi connectivity index (χ3n) is 5.31. The van der Waals surface area contributed by atoms with Crippen molar-refractivity contribution in [2.45, 2.75) is 19.8 Å². The minimum atomic E-state index is -0.300. The maximum Gasteiger partial charge on any atom is 0.227 e. The molecule has 0 spiro atoms. The van der Waals surface area contributed by atoms with Gasteiger partial charge in [-0.1, -0.05) is 12.1 Å². The van der Waals surface area contributed by atoms with Crippen molar-refractivity contribution in [3.05, 3.63) is 47.8 Å². The fourth-order valence-corrected chi connectivity index (χ4v) is 3.65. The fourth-order valence-electron chi connectivity index (χ4n) is 3.65. The van der Waals surface area contributed by atoms with Gasteiger partial charge in [-0.25, -0.2) is 9.37 Å². The molecule has 0 atom stereocenters. The van der Waals surface area contributed by atoms with Gasteiger partial charge in [0.15, 0.2) is 0 Å². The highest BCUT2D eigenvalue weighted by molar-refractivity contribution is 5.94. The summed E-state index contributed by atoms with van der Waals surface area (Å²) in [6.45, 7) is 3.74. The van der Waals surface area contributed by atoms with Crippen molar-refractivity contribution < 1.29 is 9.18 Å². The molecule has 1 aliphatic heterocycles. The van der Waals surface area contributed by atoms with E-state index in [2.05, 4.69) is 15.6 Å². The van der Waals surface area contributed by atoms with E-state index in [1.54, 1.807) is 6.07 Å². The minimum Gasteiger partial charge on any atom is -0.327 e. The molecule has 0 aliphatic carbocycles. The summed E-state index contributed by atoms with van der Waals surface area (Å²) in [5.74, 6) is 0.566. The zero-order chi connectivity index (χ0) is 19.0. The Hall–Kier alpha value is -2.15. The summed E-state index contributed by atoms with van der Waals surface area (Å²) in [6, 6.07) is 10.5. The van der Waals surface area contributed by atoms with E-state index in [1.807, 2.05) is 36.7 Å². The normalized spacial score (nSPS) is 14.2. The highest BCUT2D eigenvalue weighted by atomic mass is 35.5. The van der Waals surface area contributed by atoms with Gasteiger partial charge in [-0.15, -0.1) is 24.8 Å². The number of anilines is 1. The summed E-state index contributed by atoms with van der Waals surface area (Å²) < 4.78 is 15.5. The van der Waals surface area contributed by atoms with Crippen LogP contribution in [0.3, 0.4) is 0 Å². The molecule has 0 bridgehead atoms. The standard InChI is InChI=1S/C21H23FN4O.2ClH/c1-13-3-4-15(11-17(13)25-21(27)14-7-9-23-10-8-14)20-24-18-12-16(22)5-6-19(18)26(20)2;;/h3-6,11-12,14,23H,7-10H2,1-2H3,(H,25,27);2*1H. The molecule has 3 aromatic rings. The van der Waals surface area contributed by atoms with Crippen LogP contribution in [-0.2, 0) is 11.8 Å². The van der Waals surface area contributed by atoms with Crippen LogP contribution in [0.15, 0.2) is 36.4 Å². The van der Waals surface area contributed by atoms with Gasteiger partial charge >= 0.3 is 0 Å². The smallest absolute Gasteiger partial charge is 0.227 e. The number of rotatable bonds is 3. The highest BCUT2D eigenvalue weighted by Crippen LogP contribution is 2.28. The SMILES string of the molecule is Cc1ccc(-c2nc3cc(F)ccc3n2C)cc1NC(=O)C1CCNCC1.Cl.Cl. The van der Waals surface area contributed by atoms with Crippen LogP contribution in [0.2, 0.25) is 0 Å². The first-order chi connectivity index (χ1) is 13.0. The van der Waals surface area contributed by atoms with Gasteiger partial charge in [-0.2, -0.15) is 0 Å². The second-order valence-electron chi connectivity index (χ2n) is 7.17. The molecule has 4 rings (SSSR count). The number of amides is 1. The molecular weight excluding hydrogens is 414 g/mol. The van der Waals surface area contributed by atoms with Crippen LogP contribution in [0, 0.1) is 18.7 Å². The van der Waals surface area contributed by atoms with Crippen molar-refractivity contribution in [3.63, 3.8) is 0 Å². The Morgan fingerprint density at radius 3 is 2.62 bits per heavy atom. The van der Waals surface area contributed by atoms with E-state index < -0.39 is 0 Å². The van der Waals surface area contributed by atoms with E-state index in [9.17, 15) is 9.18 Å². The lowest BCUT2D eigenvalue weighted by Gasteiger charge is -2.22. The molecule has 1 saturated heterocycles. The van der Waals surface area contributed by atoms with Crippen molar-refractivity contribution >= 4 is 47.4 Å². The summed E-state index contributed by atoms with van der Waals surface area (Å²) >= 11 is 0. The van der Waals surface area contributed by atoms with Crippen LogP contribution in [0.1, 0.15) is 18.4 Å². The Balaban J connectivity index is 0.00000150. The van der Waals surface area contributed by atoms with Gasteiger partial charge in [0.2, 0.25) is 5.91 Å². The Labute approximate surface area is 181 Å². The Kier molecular flexibility index (Phi) is 7.63. The van der Waals surface area contributed by atoms with Crippen molar-refractivity contribution in [1.29, 1.82) is 0 Å². The number of nitrogens with one attached hydrogen (secondary N) is 2. The quantitative estimate of drug-likeness (QED) is 0.633. The summed E-state index contributed by atoms with van der Waals surface area (Å²) in [5, 5.41) is 6.37. The van der Waals surface area contributed by atoms with E-state index in [4.69, 9.17) is 0 Å². The third kappa shape index (κ3) is 4.71. The molecule has 1 aromatic heterocycles. The van der Waals surface area contributed by atoms with Gasteiger partial charge < -0.3 is 15.2 Å². The molecule has 0 unspecified atom stereocenters. The van der Waals surface area contributed by atoms with E-state index >= 15 is 0 Å². The number of piperidine rings is 1. The molecule has 1 aliphatic rings. The molecule has 2 heterocycles. The lowest BCUT2D eigenvalue weighted by atomic mass is 9.97. The lowest BCUT2D eigenvalue weighted by molar-refractivity contribution is -0.120. The first-order valence-corrected chi connectivity index (χ1v) is 9.27. The molecule has 0 saturated carbocycles. The van der Waals surface area contributed by atoms with Gasteiger partial charge in [-0.3, -0.25) is 4.79 Å². The molecular formula is C21H25Cl2FN4O. The van der Waals surface area contributed by atoms with Gasteiger partial charge in [-0.05, 0) is 56.6 Å². The predicted molar refractivity (Wildman–Crippen MR) is 120 cm³/mol. The van der Waals surface area contributed by atoms with Crippen LogP contribution in [0.25, 0.3) is 22.4 Å². The largest absolute Gasteiger partial charge is 0.327 e. The number of hydrogen-bond acceptors (Lipinski definition) is 3. The number of benzene rings is 2. The lowest BCUT2D eigenvalue weighted by Crippen LogP contribution is -2.34. The van der Waals surface area contributed by atoms with Crippen molar-refractivity contribution in [2.75, 3.05) is 18.4 Å². The van der Waals surface area contributed by atoms with Gasteiger partial charge in [0, 0.05) is 30.3 Å². The molecule has 8 heteroatoms. The Morgan fingerprint density at radius 2 is 1.90 bits per heavy atom. The van der Waals surface area contributed by atoms with E-state index in [0.717, 1.165) is 54.1 Å². The maximum atomic E-state index is 13.5. The number of nitrogens with zero attached hydrogens (tertiary/aromatic N) is 2. The maximum absolute atomic E-state index is 13.5. The predicted octanol–water partition coefficient (Wildman–Crippen LogP) is 4.47.